The normalized spacial score (nSPS) is 11.7. The molecule has 20 heavy (non-hydrogen) atoms. The second kappa shape index (κ2) is 7.69. The largest absolute Gasteiger partial charge is 0.480 e. The zero-order valence-corrected chi connectivity index (χ0v) is 12.0. The number of carboxylic acids is 1. The molecular formula is C14H17NO4S. The lowest BCUT2D eigenvalue weighted by atomic mass is 10.0. The van der Waals surface area contributed by atoms with E-state index >= 15 is 0 Å². The zero-order chi connectivity index (χ0) is 15.1. The standard InChI is InChI=1S/C14H17NO4S/c1-9-2-4-10(5-3-9)12(16)6-7-13(17)15-11(8-20)14(18)19/h2-5,11,20H,6-8H2,1H3,(H,15,17)(H,18,19). The number of Topliss-reactive ketones (excluding diaryl/α,β-unsaturated/α-hetero) is 1. The van der Waals surface area contributed by atoms with Crippen molar-refractivity contribution < 1.29 is 19.5 Å². The van der Waals surface area contributed by atoms with Crippen molar-refractivity contribution in [3.8, 4) is 0 Å². The van der Waals surface area contributed by atoms with Crippen LogP contribution in [-0.2, 0) is 9.59 Å². The van der Waals surface area contributed by atoms with E-state index in [-0.39, 0.29) is 24.4 Å². The Morgan fingerprint density at radius 1 is 1.20 bits per heavy atom. The molecule has 2 N–H and O–H groups in total. The third kappa shape index (κ3) is 5.05. The molecule has 0 aliphatic carbocycles. The maximum absolute atomic E-state index is 11.8. The topological polar surface area (TPSA) is 83.5 Å². The molecule has 0 aliphatic rings. The van der Waals surface area contributed by atoms with Gasteiger partial charge in [0.15, 0.2) is 5.78 Å². The summed E-state index contributed by atoms with van der Waals surface area (Å²) in [6.45, 7) is 1.92. The number of hydrogen-bond acceptors (Lipinski definition) is 4. The summed E-state index contributed by atoms with van der Waals surface area (Å²) in [7, 11) is 0. The van der Waals surface area contributed by atoms with Crippen LogP contribution in [0, 0.1) is 6.92 Å². The first-order chi connectivity index (χ1) is 9.43. The minimum absolute atomic E-state index is 0.00693. The van der Waals surface area contributed by atoms with E-state index < -0.39 is 17.9 Å². The lowest BCUT2D eigenvalue weighted by Gasteiger charge is -2.11. The smallest absolute Gasteiger partial charge is 0.327 e. The van der Waals surface area contributed by atoms with Crippen molar-refractivity contribution in [1.82, 2.24) is 5.32 Å². The van der Waals surface area contributed by atoms with Gasteiger partial charge in [-0.05, 0) is 6.92 Å². The monoisotopic (exact) mass is 295 g/mol. The molecule has 5 nitrogen and oxygen atoms in total. The SMILES string of the molecule is Cc1ccc(C(=O)CCC(=O)NC(CS)C(=O)O)cc1. The molecular weight excluding hydrogens is 278 g/mol. The molecule has 0 heterocycles. The van der Waals surface area contributed by atoms with Crippen LogP contribution >= 0.6 is 12.6 Å². The van der Waals surface area contributed by atoms with Gasteiger partial charge in [0, 0.05) is 24.2 Å². The molecule has 0 spiro atoms. The molecule has 0 aromatic heterocycles. The molecule has 0 saturated carbocycles. The van der Waals surface area contributed by atoms with E-state index in [1.54, 1.807) is 12.1 Å². The van der Waals surface area contributed by atoms with Crippen LogP contribution < -0.4 is 5.32 Å². The highest BCUT2D eigenvalue weighted by Crippen LogP contribution is 2.07. The number of nitrogens with one attached hydrogen (secondary N) is 1. The Morgan fingerprint density at radius 2 is 1.80 bits per heavy atom. The molecule has 1 atom stereocenters. The Hall–Kier alpha value is -1.82. The number of carboxylic acid groups (broad SMARTS) is 1. The number of amides is 1. The van der Waals surface area contributed by atoms with Crippen molar-refractivity contribution in [2.75, 3.05) is 5.75 Å². The van der Waals surface area contributed by atoms with Crippen molar-refractivity contribution in [3.63, 3.8) is 0 Å². The molecule has 6 heteroatoms. The predicted molar refractivity (Wildman–Crippen MR) is 78.2 cm³/mol. The molecule has 0 aliphatic heterocycles. The van der Waals surface area contributed by atoms with Gasteiger partial charge in [-0.15, -0.1) is 0 Å². The summed E-state index contributed by atoms with van der Waals surface area (Å²) in [5, 5.41) is 11.1. The van der Waals surface area contributed by atoms with Gasteiger partial charge in [0.25, 0.3) is 0 Å². The van der Waals surface area contributed by atoms with E-state index in [0.29, 0.717) is 5.56 Å². The van der Waals surface area contributed by atoms with Crippen LogP contribution in [0.2, 0.25) is 0 Å². The zero-order valence-electron chi connectivity index (χ0n) is 11.1. The van der Waals surface area contributed by atoms with E-state index in [4.69, 9.17) is 5.11 Å². The van der Waals surface area contributed by atoms with Gasteiger partial charge in [-0.25, -0.2) is 4.79 Å². The molecule has 1 aromatic rings. The number of ketones is 1. The lowest BCUT2D eigenvalue weighted by Crippen LogP contribution is -2.42. The third-order valence-electron chi connectivity index (χ3n) is 2.77. The minimum Gasteiger partial charge on any atom is -0.480 e. The van der Waals surface area contributed by atoms with Gasteiger partial charge in [-0.1, -0.05) is 29.8 Å². The van der Waals surface area contributed by atoms with E-state index in [1.165, 1.54) is 0 Å². The minimum atomic E-state index is -1.14. The Morgan fingerprint density at radius 3 is 2.30 bits per heavy atom. The molecule has 0 fully saturated rings. The molecule has 1 aromatic carbocycles. The third-order valence-corrected chi connectivity index (χ3v) is 3.13. The Bertz CT molecular complexity index is 498. The van der Waals surface area contributed by atoms with Crippen LogP contribution in [-0.4, -0.2) is 34.6 Å². The van der Waals surface area contributed by atoms with Gasteiger partial charge < -0.3 is 10.4 Å². The fraction of sp³-hybridized carbons (Fsp3) is 0.357. The first-order valence-corrected chi connectivity index (χ1v) is 6.80. The summed E-state index contributed by atoms with van der Waals surface area (Å²) in [6, 6.07) is 6.05. The summed E-state index contributed by atoms with van der Waals surface area (Å²) in [5.41, 5.74) is 1.60. The number of carbonyl (C=O) groups excluding carboxylic acids is 2. The molecule has 108 valence electrons. The van der Waals surface area contributed by atoms with Crippen molar-refractivity contribution in [3.05, 3.63) is 35.4 Å². The summed E-state index contributed by atoms with van der Waals surface area (Å²) in [5.74, 6) is -1.74. The highest BCUT2D eigenvalue weighted by molar-refractivity contribution is 7.80. The lowest BCUT2D eigenvalue weighted by molar-refractivity contribution is -0.141. The Kier molecular flexibility index (Phi) is 6.24. The van der Waals surface area contributed by atoms with Crippen LogP contribution in [0.4, 0.5) is 0 Å². The summed E-state index contributed by atoms with van der Waals surface area (Å²) < 4.78 is 0. The number of benzene rings is 1. The first kappa shape index (κ1) is 16.2. The van der Waals surface area contributed by atoms with Crippen LogP contribution in [0.3, 0.4) is 0 Å². The second-order valence-corrected chi connectivity index (χ2v) is 4.80. The predicted octanol–water partition coefficient (Wildman–Crippen LogP) is 1.46. The van der Waals surface area contributed by atoms with E-state index in [9.17, 15) is 14.4 Å². The summed E-state index contributed by atoms with van der Waals surface area (Å²) in [6.07, 6.45) is 0.0120. The molecule has 1 rings (SSSR count). The average Bonchev–Trinajstić information content (AvgIpc) is 2.42. The van der Waals surface area contributed by atoms with E-state index in [1.807, 2.05) is 19.1 Å². The number of hydrogen-bond donors (Lipinski definition) is 3. The van der Waals surface area contributed by atoms with Crippen LogP contribution in [0.1, 0.15) is 28.8 Å². The Labute approximate surface area is 122 Å². The van der Waals surface area contributed by atoms with Gasteiger partial charge in [0.05, 0.1) is 0 Å². The highest BCUT2D eigenvalue weighted by Gasteiger charge is 2.18. The quantitative estimate of drug-likeness (QED) is 0.525. The summed E-state index contributed by atoms with van der Waals surface area (Å²) >= 11 is 3.84. The van der Waals surface area contributed by atoms with Crippen LogP contribution in [0.25, 0.3) is 0 Å². The van der Waals surface area contributed by atoms with Crippen molar-refractivity contribution in [2.24, 2.45) is 0 Å². The van der Waals surface area contributed by atoms with E-state index in [0.717, 1.165) is 5.56 Å². The van der Waals surface area contributed by atoms with Gasteiger partial charge >= 0.3 is 5.97 Å². The fourth-order valence-electron chi connectivity index (χ4n) is 1.56. The number of rotatable bonds is 7. The maximum atomic E-state index is 11.8. The number of aryl methyl sites for hydroxylation is 1. The maximum Gasteiger partial charge on any atom is 0.327 e. The molecule has 0 saturated heterocycles. The fourth-order valence-corrected chi connectivity index (χ4v) is 1.81. The molecule has 0 radical (unpaired) electrons. The summed E-state index contributed by atoms with van der Waals surface area (Å²) in [4.78, 5) is 34.1. The van der Waals surface area contributed by atoms with Gasteiger partial charge in [0.1, 0.15) is 6.04 Å². The van der Waals surface area contributed by atoms with Gasteiger partial charge in [-0.2, -0.15) is 12.6 Å². The van der Waals surface area contributed by atoms with Crippen molar-refractivity contribution in [1.29, 1.82) is 0 Å². The van der Waals surface area contributed by atoms with Gasteiger partial charge in [-0.3, -0.25) is 9.59 Å². The number of thiol groups is 1. The van der Waals surface area contributed by atoms with Crippen molar-refractivity contribution >= 4 is 30.3 Å². The van der Waals surface area contributed by atoms with Crippen molar-refractivity contribution in [2.45, 2.75) is 25.8 Å². The van der Waals surface area contributed by atoms with Crippen LogP contribution in [0.5, 0.6) is 0 Å². The average molecular weight is 295 g/mol. The van der Waals surface area contributed by atoms with E-state index in [2.05, 4.69) is 17.9 Å². The Balaban J connectivity index is 2.46. The van der Waals surface area contributed by atoms with Crippen LogP contribution in [0.15, 0.2) is 24.3 Å². The highest BCUT2D eigenvalue weighted by atomic mass is 32.1. The molecule has 1 amide bonds. The second-order valence-electron chi connectivity index (χ2n) is 4.43. The molecule has 0 bridgehead atoms. The number of aliphatic carboxylic acids is 1. The molecule has 1 unspecified atom stereocenters. The number of carbonyl (C=O) groups is 3. The first-order valence-electron chi connectivity index (χ1n) is 6.17. The van der Waals surface area contributed by atoms with Gasteiger partial charge in [0.2, 0.25) is 5.91 Å².